The maximum absolute atomic E-state index is 14.2. The zero-order chi connectivity index (χ0) is 30.3. The smallest absolute Gasteiger partial charge is 0.416 e. The van der Waals surface area contributed by atoms with Gasteiger partial charge in [0.1, 0.15) is 0 Å². The molecule has 1 amide bonds. The van der Waals surface area contributed by atoms with E-state index in [2.05, 4.69) is 10.3 Å². The van der Waals surface area contributed by atoms with Gasteiger partial charge in [-0.25, -0.2) is 18.0 Å². The maximum Gasteiger partial charge on any atom is 0.416 e. The molecule has 1 atom stereocenters. The van der Waals surface area contributed by atoms with Crippen molar-refractivity contribution >= 4 is 50.0 Å². The Morgan fingerprint density at radius 2 is 1.90 bits per heavy atom. The summed E-state index contributed by atoms with van der Waals surface area (Å²) in [5.41, 5.74) is -3.85. The summed E-state index contributed by atoms with van der Waals surface area (Å²) >= 11 is 12.4. The van der Waals surface area contributed by atoms with Gasteiger partial charge in [0.15, 0.2) is 9.84 Å². The van der Waals surface area contributed by atoms with Crippen molar-refractivity contribution in [1.82, 2.24) is 19.8 Å². The summed E-state index contributed by atoms with van der Waals surface area (Å²) in [5.74, 6) is -0.384. The van der Waals surface area contributed by atoms with Crippen molar-refractivity contribution in [3.05, 3.63) is 71.8 Å². The zero-order valence-electron chi connectivity index (χ0n) is 21.5. The van der Waals surface area contributed by atoms with E-state index >= 15 is 0 Å². The molecule has 0 saturated carbocycles. The first kappa shape index (κ1) is 30.9. The second kappa shape index (κ2) is 11.7. The van der Waals surface area contributed by atoms with Gasteiger partial charge in [0.05, 0.1) is 38.7 Å². The molecule has 10 nitrogen and oxygen atoms in total. The Labute approximate surface area is 241 Å². The van der Waals surface area contributed by atoms with Crippen molar-refractivity contribution in [2.75, 3.05) is 25.4 Å². The van der Waals surface area contributed by atoms with Crippen molar-refractivity contribution in [3.8, 4) is 0 Å². The van der Waals surface area contributed by atoms with E-state index in [1.54, 1.807) is 4.90 Å². The minimum Gasteiger partial charge on any atom is -0.465 e. The second-order valence-corrected chi connectivity index (χ2v) is 12.8. The van der Waals surface area contributed by atoms with Crippen LogP contribution in [0.5, 0.6) is 0 Å². The summed E-state index contributed by atoms with van der Waals surface area (Å²) in [6.07, 6.45) is -5.55. The molecule has 222 valence electrons. The average Bonchev–Trinajstić information content (AvgIpc) is 3.34. The minimum atomic E-state index is -4.90. The number of likely N-dealkylation sites (tertiary alicyclic amines) is 1. The molecule has 3 aromatic rings. The zero-order valence-corrected chi connectivity index (χ0v) is 23.8. The fraction of sp³-hybridized carbons (Fsp3) is 0.400. The Bertz CT molecular complexity index is 1740. The molecule has 2 heterocycles. The third kappa shape index (κ3) is 6.55. The van der Waals surface area contributed by atoms with Gasteiger partial charge < -0.3 is 15.4 Å². The number of amides is 1. The molecule has 0 bridgehead atoms. The number of alkyl halides is 3. The number of carbonyl (C=O) groups is 1. The highest BCUT2D eigenvalue weighted by molar-refractivity contribution is 7.91. The monoisotopic (exact) mass is 636 g/mol. The van der Waals surface area contributed by atoms with Crippen molar-refractivity contribution in [3.63, 3.8) is 0 Å². The number of hydrogen-bond acceptors (Lipinski definition) is 6. The van der Waals surface area contributed by atoms with Crippen LogP contribution < -0.4 is 16.6 Å². The van der Waals surface area contributed by atoms with Crippen molar-refractivity contribution in [2.24, 2.45) is 5.92 Å². The van der Waals surface area contributed by atoms with E-state index < -0.39 is 55.9 Å². The van der Waals surface area contributed by atoms with Crippen LogP contribution in [0, 0.1) is 5.92 Å². The van der Waals surface area contributed by atoms with Crippen LogP contribution in [0.3, 0.4) is 0 Å². The molecule has 0 spiro atoms. The molecule has 1 saturated heterocycles. The number of hydrogen-bond donors (Lipinski definition) is 3. The molecule has 1 aliphatic rings. The topological polar surface area (TPSA) is 142 Å². The van der Waals surface area contributed by atoms with Gasteiger partial charge in [0, 0.05) is 24.7 Å². The minimum absolute atomic E-state index is 0.0195. The number of aromatic nitrogens is 2. The van der Waals surface area contributed by atoms with E-state index in [0.29, 0.717) is 30.1 Å². The van der Waals surface area contributed by atoms with E-state index in [0.717, 1.165) is 0 Å². The lowest BCUT2D eigenvalue weighted by Crippen LogP contribution is -2.36. The molecule has 41 heavy (non-hydrogen) atoms. The number of sulfone groups is 1. The lowest BCUT2D eigenvalue weighted by Gasteiger charge is -2.22. The van der Waals surface area contributed by atoms with Crippen molar-refractivity contribution in [2.45, 2.75) is 37.5 Å². The average molecular weight is 637 g/mol. The summed E-state index contributed by atoms with van der Waals surface area (Å²) in [6, 6.07) is 4.48. The van der Waals surface area contributed by atoms with Gasteiger partial charge in [-0.3, -0.25) is 14.3 Å². The molecular formula is C25H25Cl2F3N4O6S. The van der Waals surface area contributed by atoms with E-state index in [1.807, 2.05) is 0 Å². The van der Waals surface area contributed by atoms with Crippen LogP contribution in [0.15, 0.2) is 38.8 Å². The number of fused-ring (bicyclic) bond motifs is 1. The Morgan fingerprint density at radius 1 is 1.20 bits per heavy atom. The molecule has 2 aromatic carbocycles. The predicted molar refractivity (Wildman–Crippen MR) is 147 cm³/mol. The highest BCUT2D eigenvalue weighted by atomic mass is 35.5. The molecule has 3 N–H and O–H groups in total. The lowest BCUT2D eigenvalue weighted by molar-refractivity contribution is -0.138. The summed E-state index contributed by atoms with van der Waals surface area (Å²) < 4.78 is 68.4. The van der Waals surface area contributed by atoms with E-state index in [9.17, 15) is 36.0 Å². The predicted octanol–water partition coefficient (Wildman–Crippen LogP) is 3.95. The summed E-state index contributed by atoms with van der Waals surface area (Å²) in [7, 11) is -3.79. The number of aromatic amines is 1. The second-order valence-electron chi connectivity index (χ2n) is 9.69. The van der Waals surface area contributed by atoms with Crippen molar-refractivity contribution < 1.29 is 31.5 Å². The number of nitrogens with zero attached hydrogens (tertiary/aromatic N) is 2. The Kier molecular flexibility index (Phi) is 8.79. The number of benzene rings is 2. The van der Waals surface area contributed by atoms with Crippen LogP contribution in [-0.4, -0.2) is 59.5 Å². The molecular weight excluding hydrogens is 612 g/mol. The SMILES string of the molecule is CCS(=O)(=O)c1ccc(Cl)cc1Cn1c(=O)[nH]c2c(Cl)c(CN3CC[C@@H](CNC(=O)O)C3)c(C(F)(F)F)cc2c1=O. The lowest BCUT2D eigenvalue weighted by atomic mass is 10.0. The fourth-order valence-electron chi connectivity index (χ4n) is 4.92. The molecule has 1 aromatic heterocycles. The fourth-order valence-corrected chi connectivity index (χ4v) is 6.54. The molecule has 0 radical (unpaired) electrons. The first-order valence-corrected chi connectivity index (χ1v) is 14.8. The maximum atomic E-state index is 14.2. The first-order chi connectivity index (χ1) is 19.1. The van der Waals surface area contributed by atoms with E-state index in [1.165, 1.54) is 25.1 Å². The number of carboxylic acid groups (broad SMARTS) is 1. The normalized spacial score (nSPS) is 16.4. The third-order valence-electron chi connectivity index (χ3n) is 6.99. The van der Waals surface area contributed by atoms with Crippen LogP contribution >= 0.6 is 23.2 Å². The summed E-state index contributed by atoms with van der Waals surface area (Å²) in [6.45, 7) is 1.43. The van der Waals surface area contributed by atoms with Gasteiger partial charge in [-0.15, -0.1) is 0 Å². The van der Waals surface area contributed by atoms with Crippen LogP contribution in [-0.2, 0) is 29.1 Å². The van der Waals surface area contributed by atoms with Gasteiger partial charge in [-0.05, 0) is 54.3 Å². The van der Waals surface area contributed by atoms with Gasteiger partial charge in [0.25, 0.3) is 5.56 Å². The number of nitrogens with one attached hydrogen (secondary N) is 2. The Balaban J connectivity index is 1.80. The van der Waals surface area contributed by atoms with Crippen LogP contribution in [0.1, 0.15) is 30.0 Å². The third-order valence-corrected chi connectivity index (χ3v) is 9.47. The Morgan fingerprint density at radius 3 is 2.54 bits per heavy atom. The van der Waals surface area contributed by atoms with Crippen LogP contribution in [0.4, 0.5) is 18.0 Å². The number of halogens is 5. The molecule has 0 aliphatic carbocycles. The van der Waals surface area contributed by atoms with Gasteiger partial charge in [-0.1, -0.05) is 30.1 Å². The molecule has 1 fully saturated rings. The van der Waals surface area contributed by atoms with Gasteiger partial charge in [0.2, 0.25) is 0 Å². The van der Waals surface area contributed by atoms with Crippen LogP contribution in [0.2, 0.25) is 10.0 Å². The van der Waals surface area contributed by atoms with Crippen molar-refractivity contribution in [1.29, 1.82) is 0 Å². The van der Waals surface area contributed by atoms with Crippen LogP contribution in [0.25, 0.3) is 10.9 Å². The summed E-state index contributed by atoms with van der Waals surface area (Å²) in [5, 5.41) is 10.3. The largest absolute Gasteiger partial charge is 0.465 e. The quantitative estimate of drug-likeness (QED) is 0.340. The number of rotatable bonds is 8. The first-order valence-electron chi connectivity index (χ1n) is 12.4. The summed E-state index contributed by atoms with van der Waals surface area (Å²) in [4.78, 5) is 41.1. The highest BCUT2D eigenvalue weighted by Crippen LogP contribution is 2.39. The van der Waals surface area contributed by atoms with Gasteiger partial charge in [-0.2, -0.15) is 13.2 Å². The van der Waals surface area contributed by atoms with Gasteiger partial charge >= 0.3 is 18.0 Å². The van der Waals surface area contributed by atoms with E-state index in [4.69, 9.17) is 28.3 Å². The number of H-pyrrole nitrogens is 1. The molecule has 16 heteroatoms. The standard InChI is InChI=1S/C25H25Cl2F3N4O6S/c1-2-41(39,40)19-4-3-15(26)7-14(19)11-34-22(35)16-8-18(25(28,29)30)17(20(27)21(16)32-23(34)36)12-33-6-5-13(10-33)9-31-24(37)38/h3-4,7-8,13,31H,2,5-6,9-12H2,1H3,(H,32,36)(H,37,38)/t13-/m0/s1. The molecule has 0 unspecified atom stereocenters. The van der Waals surface area contributed by atoms with E-state index in [-0.39, 0.29) is 51.3 Å². The highest BCUT2D eigenvalue weighted by Gasteiger charge is 2.37. The Hall–Kier alpha value is -3.07. The molecule has 4 rings (SSSR count). The molecule has 1 aliphatic heterocycles.